The van der Waals surface area contributed by atoms with Gasteiger partial charge in [0.25, 0.3) is 0 Å². The fourth-order valence-corrected chi connectivity index (χ4v) is 2.73. The molecule has 100 valence electrons. The van der Waals surface area contributed by atoms with E-state index in [1.165, 1.54) is 0 Å². The van der Waals surface area contributed by atoms with E-state index >= 15 is 0 Å². The number of nitrogens with zero attached hydrogens (tertiary/aromatic N) is 1. The fourth-order valence-electron chi connectivity index (χ4n) is 1.84. The van der Waals surface area contributed by atoms with Crippen molar-refractivity contribution in [2.45, 2.75) is 43.2 Å². The van der Waals surface area contributed by atoms with Crippen LogP contribution < -0.4 is 0 Å². The van der Waals surface area contributed by atoms with E-state index in [2.05, 4.69) is 0 Å². The third kappa shape index (κ3) is 2.45. The summed E-state index contributed by atoms with van der Waals surface area (Å²) in [5.74, 6) is 0. The van der Waals surface area contributed by atoms with E-state index in [0.29, 0.717) is 19.3 Å². The molecule has 0 aromatic carbocycles. The first-order valence-electron chi connectivity index (χ1n) is 4.92. The summed E-state index contributed by atoms with van der Waals surface area (Å²) in [6.45, 7) is 0. The number of hydroxylamine groups is 1. The summed E-state index contributed by atoms with van der Waals surface area (Å²) in [4.78, 5) is 10.8. The van der Waals surface area contributed by atoms with Crippen LogP contribution in [-0.4, -0.2) is 30.2 Å². The zero-order chi connectivity index (χ0) is 13.3. The lowest BCUT2D eigenvalue weighted by Gasteiger charge is -2.45. The van der Waals surface area contributed by atoms with Gasteiger partial charge >= 0.3 is 15.5 Å². The van der Waals surface area contributed by atoms with E-state index in [-0.39, 0.29) is 19.1 Å². The van der Waals surface area contributed by atoms with Crippen LogP contribution in [0.3, 0.4) is 0 Å². The van der Waals surface area contributed by atoms with Gasteiger partial charge < -0.3 is 10.0 Å². The second kappa shape index (κ2) is 4.54. The van der Waals surface area contributed by atoms with Crippen LogP contribution in [-0.2, 0) is 14.8 Å². The number of alkyl halides is 3. The predicted octanol–water partition coefficient (Wildman–Crippen LogP) is 1.54. The zero-order valence-corrected chi connectivity index (χ0v) is 9.55. The second-order valence-electron chi connectivity index (χ2n) is 3.96. The van der Waals surface area contributed by atoms with Crippen molar-refractivity contribution in [2.24, 2.45) is 0 Å². The average Bonchev–Trinajstić information content (AvgIpc) is 2.27. The smallest absolute Gasteiger partial charge is 0.510 e. The highest BCUT2D eigenvalue weighted by molar-refractivity contribution is 7.90. The van der Waals surface area contributed by atoms with Gasteiger partial charge in [-0.05, 0) is 12.8 Å². The number of hydrogen-bond acceptors (Lipinski definition) is 4. The molecule has 1 rings (SSSR count). The van der Waals surface area contributed by atoms with Crippen molar-refractivity contribution in [2.75, 3.05) is 0 Å². The van der Waals surface area contributed by atoms with Gasteiger partial charge in [0.2, 0.25) is 0 Å². The average molecular weight is 274 g/mol. The Labute approximate surface area is 96.2 Å². The number of carbonyl (C=O) groups excluding carboxylic acids is 1. The molecule has 1 fully saturated rings. The lowest BCUT2D eigenvalue weighted by molar-refractivity contribution is -0.117. The molecule has 0 aliphatic heterocycles. The Balaban J connectivity index is 3.09. The minimum absolute atomic E-state index is 0.0163. The van der Waals surface area contributed by atoms with Crippen molar-refractivity contribution in [3.63, 3.8) is 0 Å². The van der Waals surface area contributed by atoms with E-state index in [1.54, 1.807) is 0 Å². The number of carbonyl (C=O) groups is 1. The van der Waals surface area contributed by atoms with Crippen LogP contribution in [0.2, 0.25) is 0 Å². The first kappa shape index (κ1) is 14.4. The van der Waals surface area contributed by atoms with Crippen LogP contribution in [0, 0.1) is 5.21 Å². The third-order valence-electron chi connectivity index (χ3n) is 2.81. The van der Waals surface area contributed by atoms with Crippen molar-refractivity contribution in [1.29, 1.82) is 0 Å². The van der Waals surface area contributed by atoms with Crippen LogP contribution in [0.1, 0.15) is 32.1 Å². The molecule has 1 aliphatic rings. The Hall–Kier alpha value is -0.670. The lowest BCUT2D eigenvalue weighted by Crippen LogP contribution is -2.54. The van der Waals surface area contributed by atoms with Gasteiger partial charge in [0.05, 0.1) is 5.54 Å². The van der Waals surface area contributed by atoms with Crippen molar-refractivity contribution < 1.29 is 26.4 Å². The van der Waals surface area contributed by atoms with E-state index in [1.807, 2.05) is 0 Å². The summed E-state index contributed by atoms with van der Waals surface area (Å²) < 4.78 is 57.4. The highest BCUT2D eigenvalue weighted by Gasteiger charge is 2.52. The Morgan fingerprint density at radius 1 is 1.18 bits per heavy atom. The van der Waals surface area contributed by atoms with Gasteiger partial charge in [0.1, 0.15) is 6.29 Å². The molecular formula is C8H11F3NO4S-. The lowest BCUT2D eigenvalue weighted by atomic mass is 9.84. The highest BCUT2D eigenvalue weighted by atomic mass is 32.2. The van der Waals surface area contributed by atoms with Crippen LogP contribution in [0.15, 0.2) is 0 Å². The Bertz CT molecular complexity index is 386. The van der Waals surface area contributed by atoms with Gasteiger partial charge in [0.15, 0.2) is 0 Å². The summed E-state index contributed by atoms with van der Waals surface area (Å²) in [6, 6.07) is 0. The SMILES string of the molecule is O=CC1(N([O-])S(=O)(=O)C(F)(F)F)CCCCC1. The topological polar surface area (TPSA) is 77.5 Å². The number of halogens is 3. The van der Waals surface area contributed by atoms with Crippen LogP contribution in [0.25, 0.3) is 0 Å². The minimum Gasteiger partial charge on any atom is -0.771 e. The van der Waals surface area contributed by atoms with E-state index < -0.39 is 25.5 Å². The first-order chi connectivity index (χ1) is 7.67. The third-order valence-corrected chi connectivity index (χ3v) is 4.20. The summed E-state index contributed by atoms with van der Waals surface area (Å²) in [5, 5.41) is 11.4. The van der Waals surface area contributed by atoms with Gasteiger partial charge in [0, 0.05) is 0 Å². The molecule has 0 aromatic heterocycles. The summed E-state index contributed by atoms with van der Waals surface area (Å²) >= 11 is 0. The normalized spacial score (nSPS) is 21.5. The van der Waals surface area contributed by atoms with Gasteiger partial charge in [-0.25, -0.2) is 8.42 Å². The number of sulfonamides is 1. The molecule has 0 radical (unpaired) electrons. The maximum atomic E-state index is 12.2. The van der Waals surface area contributed by atoms with Crippen molar-refractivity contribution >= 4 is 16.3 Å². The molecule has 1 saturated carbocycles. The van der Waals surface area contributed by atoms with E-state index in [9.17, 15) is 31.6 Å². The monoisotopic (exact) mass is 274 g/mol. The van der Waals surface area contributed by atoms with Crippen LogP contribution in [0.5, 0.6) is 0 Å². The molecule has 0 amide bonds. The molecule has 0 unspecified atom stereocenters. The van der Waals surface area contributed by atoms with Crippen LogP contribution in [0.4, 0.5) is 13.2 Å². The molecule has 0 spiro atoms. The number of rotatable bonds is 3. The maximum absolute atomic E-state index is 12.2. The Kier molecular flexibility index (Phi) is 3.84. The quantitative estimate of drug-likeness (QED) is 0.577. The maximum Gasteiger partial charge on any atom is 0.510 e. The van der Waals surface area contributed by atoms with Crippen molar-refractivity contribution in [3.05, 3.63) is 5.21 Å². The summed E-state index contributed by atoms with van der Waals surface area (Å²) in [6.07, 6.45) is 1.04. The molecule has 0 heterocycles. The Morgan fingerprint density at radius 3 is 2.00 bits per heavy atom. The van der Waals surface area contributed by atoms with E-state index in [0.717, 1.165) is 0 Å². The zero-order valence-electron chi connectivity index (χ0n) is 8.74. The standard InChI is InChI=1S/C8H11F3NO4S/c9-8(10,11)17(15,16)12(14)7(6-13)4-2-1-3-5-7/h6H,1-5H2/q-1. The summed E-state index contributed by atoms with van der Waals surface area (Å²) in [5.41, 5.74) is -7.77. The van der Waals surface area contributed by atoms with Gasteiger partial charge in [-0.15, -0.1) is 0 Å². The second-order valence-corrected chi connectivity index (χ2v) is 5.70. The molecule has 0 atom stereocenters. The van der Waals surface area contributed by atoms with Gasteiger partial charge in [-0.3, -0.25) is 4.47 Å². The Morgan fingerprint density at radius 2 is 1.65 bits per heavy atom. The molecule has 0 bridgehead atoms. The highest BCUT2D eigenvalue weighted by Crippen LogP contribution is 2.37. The summed E-state index contributed by atoms with van der Waals surface area (Å²) in [7, 11) is -6.00. The van der Waals surface area contributed by atoms with Crippen LogP contribution >= 0.6 is 0 Å². The molecular weight excluding hydrogens is 263 g/mol. The largest absolute Gasteiger partial charge is 0.771 e. The molecule has 5 nitrogen and oxygen atoms in total. The molecule has 9 heteroatoms. The number of aldehydes is 1. The first-order valence-corrected chi connectivity index (χ1v) is 6.36. The molecule has 0 N–H and O–H groups in total. The van der Waals surface area contributed by atoms with Gasteiger partial charge in [-0.1, -0.05) is 19.3 Å². The fraction of sp³-hybridized carbons (Fsp3) is 0.875. The molecule has 0 saturated heterocycles. The molecule has 0 aromatic rings. The molecule has 1 aliphatic carbocycles. The number of hydrogen-bond donors (Lipinski definition) is 0. The molecule has 17 heavy (non-hydrogen) atoms. The van der Waals surface area contributed by atoms with Crippen molar-refractivity contribution in [3.8, 4) is 0 Å². The predicted molar refractivity (Wildman–Crippen MR) is 52.1 cm³/mol. The minimum atomic E-state index is -6.00. The van der Waals surface area contributed by atoms with Crippen molar-refractivity contribution in [1.82, 2.24) is 4.47 Å². The van der Waals surface area contributed by atoms with Gasteiger partial charge in [-0.2, -0.15) is 13.2 Å². The van der Waals surface area contributed by atoms with E-state index in [4.69, 9.17) is 0 Å².